The normalized spacial score (nSPS) is 22.0. The van der Waals surface area contributed by atoms with E-state index in [0.717, 1.165) is 31.1 Å². The molecule has 0 saturated heterocycles. The molecule has 0 bridgehead atoms. The Morgan fingerprint density at radius 1 is 1.16 bits per heavy atom. The van der Waals surface area contributed by atoms with Gasteiger partial charge in [0.1, 0.15) is 11.6 Å². The number of rotatable bonds is 6. The molecule has 1 fully saturated rings. The van der Waals surface area contributed by atoms with E-state index in [4.69, 9.17) is 9.97 Å². The van der Waals surface area contributed by atoms with Crippen molar-refractivity contribution < 1.29 is 0 Å². The summed E-state index contributed by atoms with van der Waals surface area (Å²) in [5.74, 6) is 3.00. The van der Waals surface area contributed by atoms with E-state index in [0.29, 0.717) is 0 Å². The van der Waals surface area contributed by atoms with Gasteiger partial charge in [-0.25, -0.2) is 9.97 Å². The summed E-state index contributed by atoms with van der Waals surface area (Å²) >= 11 is 0. The SMILES string of the molecule is CCCN(CC1CC1)c1nc(C)nc2c1CC[C@@]2(C)c1ccccc1. The molecule has 1 saturated carbocycles. The highest BCUT2D eigenvalue weighted by atomic mass is 15.2. The first-order chi connectivity index (χ1) is 12.1. The fourth-order valence-corrected chi connectivity index (χ4v) is 4.28. The average Bonchev–Trinajstić information content (AvgIpc) is 3.38. The smallest absolute Gasteiger partial charge is 0.135 e. The number of anilines is 1. The van der Waals surface area contributed by atoms with Gasteiger partial charge < -0.3 is 4.90 Å². The van der Waals surface area contributed by atoms with Crippen LogP contribution in [0.15, 0.2) is 30.3 Å². The number of fused-ring (bicyclic) bond motifs is 1. The number of hydrogen-bond acceptors (Lipinski definition) is 3. The van der Waals surface area contributed by atoms with Gasteiger partial charge in [0.2, 0.25) is 0 Å². The van der Waals surface area contributed by atoms with Crippen molar-refractivity contribution in [3.05, 3.63) is 53.0 Å². The lowest BCUT2D eigenvalue weighted by molar-refractivity contribution is 0.550. The zero-order valence-electron chi connectivity index (χ0n) is 15.8. The number of aromatic nitrogens is 2. The summed E-state index contributed by atoms with van der Waals surface area (Å²) in [4.78, 5) is 12.4. The standard InChI is InChI=1S/C22H29N3/c1-4-14-25(15-17-10-11-17)21-19-12-13-22(3,18-8-6-5-7-9-18)20(19)23-16(2)24-21/h5-9,17H,4,10-15H2,1-3H3/t22-/m0/s1. The molecule has 0 unspecified atom stereocenters. The lowest BCUT2D eigenvalue weighted by Gasteiger charge is -2.28. The zero-order chi connectivity index (χ0) is 17.4. The molecule has 132 valence electrons. The Bertz CT molecular complexity index is 751. The van der Waals surface area contributed by atoms with Crippen molar-refractivity contribution in [2.24, 2.45) is 5.92 Å². The Morgan fingerprint density at radius 3 is 2.60 bits per heavy atom. The zero-order valence-corrected chi connectivity index (χ0v) is 15.8. The van der Waals surface area contributed by atoms with Gasteiger partial charge in [-0.2, -0.15) is 0 Å². The van der Waals surface area contributed by atoms with Crippen molar-refractivity contribution in [3.63, 3.8) is 0 Å². The second kappa shape index (κ2) is 6.44. The molecule has 1 aromatic carbocycles. The van der Waals surface area contributed by atoms with Crippen molar-refractivity contribution in [2.75, 3.05) is 18.0 Å². The van der Waals surface area contributed by atoms with E-state index in [1.165, 1.54) is 48.4 Å². The van der Waals surface area contributed by atoms with Gasteiger partial charge in [-0.15, -0.1) is 0 Å². The molecule has 2 aromatic rings. The van der Waals surface area contributed by atoms with Gasteiger partial charge >= 0.3 is 0 Å². The molecular formula is C22H29N3. The third-order valence-corrected chi connectivity index (χ3v) is 5.87. The number of nitrogens with zero attached hydrogens (tertiary/aromatic N) is 3. The van der Waals surface area contributed by atoms with Crippen LogP contribution in [0, 0.1) is 12.8 Å². The summed E-state index contributed by atoms with van der Waals surface area (Å²) in [6.07, 6.45) is 6.14. The van der Waals surface area contributed by atoms with Gasteiger partial charge in [0, 0.05) is 24.1 Å². The molecule has 25 heavy (non-hydrogen) atoms. The number of aryl methyl sites for hydroxylation is 1. The Labute approximate surface area is 151 Å². The van der Waals surface area contributed by atoms with Gasteiger partial charge in [-0.05, 0) is 57.4 Å². The first-order valence-corrected chi connectivity index (χ1v) is 9.80. The van der Waals surface area contributed by atoms with E-state index in [1.54, 1.807) is 0 Å². The van der Waals surface area contributed by atoms with Crippen molar-refractivity contribution in [1.29, 1.82) is 0 Å². The second-order valence-electron chi connectivity index (χ2n) is 8.01. The van der Waals surface area contributed by atoms with Gasteiger partial charge in [-0.3, -0.25) is 0 Å². The summed E-state index contributed by atoms with van der Waals surface area (Å²) in [7, 11) is 0. The van der Waals surface area contributed by atoms with Crippen molar-refractivity contribution in [1.82, 2.24) is 9.97 Å². The first kappa shape index (κ1) is 16.6. The van der Waals surface area contributed by atoms with E-state index in [9.17, 15) is 0 Å². The van der Waals surface area contributed by atoms with Crippen molar-refractivity contribution >= 4 is 5.82 Å². The number of hydrogen-bond donors (Lipinski definition) is 0. The predicted octanol–water partition coefficient (Wildman–Crippen LogP) is 4.66. The molecule has 0 aliphatic heterocycles. The summed E-state index contributed by atoms with van der Waals surface area (Å²) in [5, 5.41) is 0. The molecule has 0 radical (unpaired) electrons. The average molecular weight is 335 g/mol. The maximum absolute atomic E-state index is 4.94. The van der Waals surface area contributed by atoms with Crippen LogP contribution >= 0.6 is 0 Å². The van der Waals surface area contributed by atoms with E-state index in [2.05, 4.69) is 56.0 Å². The predicted molar refractivity (Wildman–Crippen MR) is 103 cm³/mol. The summed E-state index contributed by atoms with van der Waals surface area (Å²) in [6, 6.07) is 10.9. The van der Waals surface area contributed by atoms with Crippen LogP contribution in [0.3, 0.4) is 0 Å². The largest absolute Gasteiger partial charge is 0.356 e. The lowest BCUT2D eigenvalue weighted by Crippen LogP contribution is -2.30. The van der Waals surface area contributed by atoms with E-state index >= 15 is 0 Å². The Balaban J connectivity index is 1.78. The molecule has 1 aromatic heterocycles. The highest BCUT2D eigenvalue weighted by Crippen LogP contribution is 2.45. The van der Waals surface area contributed by atoms with Gasteiger partial charge in [0.05, 0.1) is 5.69 Å². The monoisotopic (exact) mass is 335 g/mol. The van der Waals surface area contributed by atoms with Gasteiger partial charge in [0.25, 0.3) is 0 Å². The third kappa shape index (κ3) is 3.05. The molecule has 0 amide bonds. The molecule has 4 rings (SSSR count). The molecular weight excluding hydrogens is 306 g/mol. The first-order valence-electron chi connectivity index (χ1n) is 9.80. The Hall–Kier alpha value is -1.90. The van der Waals surface area contributed by atoms with Crippen molar-refractivity contribution in [3.8, 4) is 0 Å². The molecule has 2 aliphatic carbocycles. The minimum atomic E-state index is 0.0104. The summed E-state index contributed by atoms with van der Waals surface area (Å²) < 4.78 is 0. The maximum atomic E-state index is 4.94. The van der Waals surface area contributed by atoms with Crippen LogP contribution < -0.4 is 4.90 Å². The van der Waals surface area contributed by atoms with Crippen LogP contribution in [-0.4, -0.2) is 23.1 Å². The molecule has 0 N–H and O–H groups in total. The van der Waals surface area contributed by atoms with Crippen LogP contribution in [0.25, 0.3) is 0 Å². The summed E-state index contributed by atoms with van der Waals surface area (Å²) in [6.45, 7) is 8.94. The van der Waals surface area contributed by atoms with E-state index in [1.807, 2.05) is 0 Å². The minimum Gasteiger partial charge on any atom is -0.356 e. The van der Waals surface area contributed by atoms with Crippen molar-refractivity contribution in [2.45, 2.75) is 58.3 Å². The molecule has 2 aliphatic rings. The van der Waals surface area contributed by atoms with Crippen LogP contribution in [0.5, 0.6) is 0 Å². The highest BCUT2D eigenvalue weighted by molar-refractivity contribution is 5.56. The topological polar surface area (TPSA) is 29.0 Å². The maximum Gasteiger partial charge on any atom is 0.135 e. The van der Waals surface area contributed by atoms with E-state index in [-0.39, 0.29) is 5.41 Å². The summed E-state index contributed by atoms with van der Waals surface area (Å²) in [5.41, 5.74) is 4.04. The molecule has 3 nitrogen and oxygen atoms in total. The fraction of sp³-hybridized carbons (Fsp3) is 0.545. The Kier molecular flexibility index (Phi) is 4.26. The number of benzene rings is 1. The minimum absolute atomic E-state index is 0.0104. The molecule has 1 heterocycles. The Morgan fingerprint density at radius 2 is 1.92 bits per heavy atom. The lowest BCUT2D eigenvalue weighted by atomic mass is 9.80. The van der Waals surface area contributed by atoms with Crippen LogP contribution in [0.4, 0.5) is 5.82 Å². The van der Waals surface area contributed by atoms with Crippen LogP contribution in [0.1, 0.15) is 62.2 Å². The fourth-order valence-electron chi connectivity index (χ4n) is 4.28. The third-order valence-electron chi connectivity index (χ3n) is 5.87. The highest BCUT2D eigenvalue weighted by Gasteiger charge is 2.40. The van der Waals surface area contributed by atoms with E-state index < -0.39 is 0 Å². The molecule has 1 atom stereocenters. The van der Waals surface area contributed by atoms with Crippen LogP contribution in [-0.2, 0) is 11.8 Å². The molecule has 0 spiro atoms. The molecule has 3 heteroatoms. The van der Waals surface area contributed by atoms with Crippen LogP contribution in [0.2, 0.25) is 0 Å². The quantitative estimate of drug-likeness (QED) is 0.768. The van der Waals surface area contributed by atoms with Gasteiger partial charge in [-0.1, -0.05) is 37.3 Å². The van der Waals surface area contributed by atoms with Gasteiger partial charge in [0.15, 0.2) is 0 Å². The second-order valence-corrected chi connectivity index (χ2v) is 8.01.